The van der Waals surface area contributed by atoms with Gasteiger partial charge in [-0.2, -0.15) is 0 Å². The second kappa shape index (κ2) is 2.71. The van der Waals surface area contributed by atoms with Gasteiger partial charge in [0, 0.05) is 20.1 Å². The van der Waals surface area contributed by atoms with Crippen molar-refractivity contribution in [3.05, 3.63) is 0 Å². The molecule has 0 atom stereocenters. The summed E-state index contributed by atoms with van der Waals surface area (Å²) in [6.07, 6.45) is 2.23. The van der Waals surface area contributed by atoms with Gasteiger partial charge in [0.15, 0.2) is 0 Å². The summed E-state index contributed by atoms with van der Waals surface area (Å²) in [6, 6.07) is 0.0625. The van der Waals surface area contributed by atoms with E-state index in [9.17, 15) is 4.79 Å². The molecule has 0 saturated carbocycles. The minimum Gasteiger partial charge on any atom is -0.338 e. The molecule has 1 fully saturated rings. The van der Waals surface area contributed by atoms with Crippen molar-refractivity contribution in [3.8, 4) is 0 Å². The minimum atomic E-state index is 0.0625. The monoisotopic (exact) mass is 128 g/mol. The van der Waals surface area contributed by atoms with Crippen molar-refractivity contribution < 1.29 is 4.79 Å². The first-order valence-electron chi connectivity index (χ1n) is 3.29. The van der Waals surface area contributed by atoms with Crippen LogP contribution in [0.2, 0.25) is 0 Å². The molecule has 1 aliphatic rings. The van der Waals surface area contributed by atoms with Gasteiger partial charge in [0.1, 0.15) is 0 Å². The number of urea groups is 1. The topological polar surface area (TPSA) is 32.3 Å². The van der Waals surface area contributed by atoms with E-state index in [1.165, 1.54) is 0 Å². The van der Waals surface area contributed by atoms with Gasteiger partial charge in [0.2, 0.25) is 0 Å². The summed E-state index contributed by atoms with van der Waals surface area (Å²) < 4.78 is 0. The zero-order valence-corrected chi connectivity index (χ0v) is 5.68. The highest BCUT2D eigenvalue weighted by atomic mass is 16.2. The van der Waals surface area contributed by atoms with E-state index in [-0.39, 0.29) is 6.03 Å². The van der Waals surface area contributed by atoms with E-state index in [0.717, 1.165) is 25.9 Å². The first-order valence-corrected chi connectivity index (χ1v) is 3.29. The lowest BCUT2D eigenvalue weighted by atomic mass is 10.3. The van der Waals surface area contributed by atoms with Crippen LogP contribution in [0.1, 0.15) is 12.8 Å². The number of hydrogen-bond acceptors (Lipinski definition) is 1. The van der Waals surface area contributed by atoms with Gasteiger partial charge in [-0.15, -0.1) is 0 Å². The minimum absolute atomic E-state index is 0.0625. The van der Waals surface area contributed by atoms with Crippen LogP contribution in [0.5, 0.6) is 0 Å². The molecule has 0 spiro atoms. The fourth-order valence-corrected chi connectivity index (χ4v) is 0.906. The molecular weight excluding hydrogens is 116 g/mol. The molecule has 0 aliphatic carbocycles. The lowest BCUT2D eigenvalue weighted by Gasteiger charge is -2.12. The predicted octanol–water partition coefficient (Wildman–Crippen LogP) is 0.422. The Balaban J connectivity index is 2.41. The molecule has 1 rings (SSSR count). The number of amides is 2. The Bertz CT molecular complexity index is 114. The van der Waals surface area contributed by atoms with Gasteiger partial charge in [-0.1, -0.05) is 0 Å². The lowest BCUT2D eigenvalue weighted by molar-refractivity contribution is 0.213. The largest absolute Gasteiger partial charge is 0.338 e. The van der Waals surface area contributed by atoms with Crippen LogP contribution >= 0.6 is 0 Å². The lowest BCUT2D eigenvalue weighted by Crippen LogP contribution is -2.34. The van der Waals surface area contributed by atoms with Crippen molar-refractivity contribution in [2.24, 2.45) is 0 Å². The maximum absolute atomic E-state index is 10.8. The van der Waals surface area contributed by atoms with Crippen LogP contribution in [0, 0.1) is 0 Å². The molecule has 1 aliphatic heterocycles. The van der Waals surface area contributed by atoms with Gasteiger partial charge in [-0.3, -0.25) is 0 Å². The first-order chi connectivity index (χ1) is 4.30. The predicted molar refractivity (Wildman–Crippen MR) is 35.3 cm³/mol. The van der Waals surface area contributed by atoms with Crippen molar-refractivity contribution in [2.75, 3.05) is 20.1 Å². The number of carbonyl (C=O) groups is 1. The van der Waals surface area contributed by atoms with Crippen LogP contribution in [0.4, 0.5) is 4.79 Å². The van der Waals surface area contributed by atoms with E-state index in [4.69, 9.17) is 0 Å². The van der Waals surface area contributed by atoms with Crippen LogP contribution in [0.3, 0.4) is 0 Å². The third-order valence-electron chi connectivity index (χ3n) is 1.54. The number of nitrogens with zero attached hydrogens (tertiary/aromatic N) is 1. The maximum atomic E-state index is 10.8. The van der Waals surface area contributed by atoms with E-state index in [2.05, 4.69) is 5.32 Å². The molecule has 0 aromatic rings. The fourth-order valence-electron chi connectivity index (χ4n) is 0.906. The molecule has 2 amide bonds. The fraction of sp³-hybridized carbons (Fsp3) is 0.833. The highest BCUT2D eigenvalue weighted by Gasteiger charge is 2.09. The van der Waals surface area contributed by atoms with Crippen molar-refractivity contribution >= 4 is 6.03 Å². The molecule has 0 radical (unpaired) electrons. The average Bonchev–Trinajstić information content (AvgIpc) is 1.99. The molecule has 3 nitrogen and oxygen atoms in total. The molecule has 1 N–H and O–H groups in total. The van der Waals surface area contributed by atoms with Gasteiger partial charge < -0.3 is 10.2 Å². The van der Waals surface area contributed by atoms with Crippen molar-refractivity contribution in [1.29, 1.82) is 0 Å². The second-order valence-electron chi connectivity index (χ2n) is 2.36. The smallest absolute Gasteiger partial charge is 0.317 e. The molecule has 0 aromatic heterocycles. The normalized spacial score (nSPS) is 21.0. The van der Waals surface area contributed by atoms with Gasteiger partial charge in [-0.05, 0) is 12.8 Å². The molecule has 1 heterocycles. The molecule has 9 heavy (non-hydrogen) atoms. The molecule has 1 saturated heterocycles. The Morgan fingerprint density at radius 1 is 1.56 bits per heavy atom. The van der Waals surface area contributed by atoms with Crippen LogP contribution in [0.25, 0.3) is 0 Å². The highest BCUT2D eigenvalue weighted by molar-refractivity contribution is 5.73. The van der Waals surface area contributed by atoms with E-state index in [1.807, 2.05) is 7.05 Å². The Kier molecular flexibility index (Phi) is 1.92. The summed E-state index contributed by atoms with van der Waals surface area (Å²) in [6.45, 7) is 1.73. The third kappa shape index (κ3) is 1.59. The zero-order chi connectivity index (χ0) is 6.69. The van der Waals surface area contributed by atoms with Crippen molar-refractivity contribution in [3.63, 3.8) is 0 Å². The molecule has 0 unspecified atom stereocenters. The second-order valence-corrected chi connectivity index (χ2v) is 2.36. The zero-order valence-electron chi connectivity index (χ0n) is 5.68. The molecule has 3 heteroatoms. The number of carbonyl (C=O) groups excluding carboxylic acids is 1. The molecular formula is C6H12N2O. The third-order valence-corrected chi connectivity index (χ3v) is 1.54. The molecule has 52 valence electrons. The Hall–Kier alpha value is -0.730. The SMILES string of the molecule is CN1CCCCNC1=O. The van der Waals surface area contributed by atoms with Crippen LogP contribution < -0.4 is 5.32 Å². The molecule has 0 bridgehead atoms. The van der Waals surface area contributed by atoms with E-state index < -0.39 is 0 Å². The van der Waals surface area contributed by atoms with Crippen LogP contribution in [-0.4, -0.2) is 31.1 Å². The Labute approximate surface area is 55.0 Å². The summed E-state index contributed by atoms with van der Waals surface area (Å²) >= 11 is 0. The van der Waals surface area contributed by atoms with E-state index in [0.29, 0.717) is 0 Å². The van der Waals surface area contributed by atoms with Gasteiger partial charge >= 0.3 is 6.03 Å². The summed E-state index contributed by atoms with van der Waals surface area (Å²) in [7, 11) is 1.82. The summed E-state index contributed by atoms with van der Waals surface area (Å²) in [5, 5.41) is 2.78. The van der Waals surface area contributed by atoms with Crippen molar-refractivity contribution in [2.45, 2.75) is 12.8 Å². The summed E-state index contributed by atoms with van der Waals surface area (Å²) in [5.74, 6) is 0. The highest BCUT2D eigenvalue weighted by Crippen LogP contribution is 1.96. The Morgan fingerprint density at radius 2 is 2.33 bits per heavy atom. The summed E-state index contributed by atoms with van der Waals surface area (Å²) in [4.78, 5) is 12.5. The maximum Gasteiger partial charge on any atom is 0.317 e. The average molecular weight is 128 g/mol. The van der Waals surface area contributed by atoms with Gasteiger partial charge in [0.05, 0.1) is 0 Å². The quantitative estimate of drug-likeness (QED) is 0.504. The molecule has 0 aromatic carbocycles. The van der Waals surface area contributed by atoms with E-state index >= 15 is 0 Å². The number of hydrogen-bond donors (Lipinski definition) is 1. The van der Waals surface area contributed by atoms with Gasteiger partial charge in [0.25, 0.3) is 0 Å². The number of rotatable bonds is 0. The Morgan fingerprint density at radius 3 is 3.11 bits per heavy atom. The standard InChI is InChI=1S/C6H12N2O/c1-8-5-3-2-4-7-6(8)9/h2-5H2,1H3,(H,7,9). The first kappa shape index (κ1) is 6.39. The number of nitrogens with one attached hydrogen (secondary N) is 1. The van der Waals surface area contributed by atoms with Crippen molar-refractivity contribution in [1.82, 2.24) is 10.2 Å². The van der Waals surface area contributed by atoms with Gasteiger partial charge in [-0.25, -0.2) is 4.79 Å². The van der Waals surface area contributed by atoms with Crippen LogP contribution in [0.15, 0.2) is 0 Å². The van der Waals surface area contributed by atoms with E-state index in [1.54, 1.807) is 4.90 Å². The van der Waals surface area contributed by atoms with Crippen LogP contribution in [-0.2, 0) is 0 Å². The summed E-state index contributed by atoms with van der Waals surface area (Å²) in [5.41, 5.74) is 0.